The Bertz CT molecular complexity index is 451. The smallest absolute Gasteiger partial charge is 0.397 e. The first kappa shape index (κ1) is 17.9. The minimum Gasteiger partial charge on any atom is -0.750 e. The first-order valence-corrected chi connectivity index (χ1v) is 8.86. The quantitative estimate of drug-likeness (QED) is 0.297. The summed E-state index contributed by atoms with van der Waals surface area (Å²) < 4.78 is 79.1. The predicted octanol–water partition coefficient (Wildman–Crippen LogP) is -1.19. The zero-order valence-corrected chi connectivity index (χ0v) is 11.6. The SMILES string of the molecule is O=S([O-])OCCCS(=O)(=O)CCCOS(=O)(=O)O. The molecule has 0 radical (unpaired) electrons. The van der Waals surface area contributed by atoms with Gasteiger partial charge in [0.1, 0.15) is 9.84 Å². The van der Waals surface area contributed by atoms with E-state index in [9.17, 15) is 25.6 Å². The molecule has 0 aliphatic rings. The van der Waals surface area contributed by atoms with Crippen LogP contribution in [0.2, 0.25) is 0 Å². The van der Waals surface area contributed by atoms with E-state index < -0.39 is 38.2 Å². The van der Waals surface area contributed by atoms with Crippen LogP contribution in [-0.4, -0.2) is 54.9 Å². The van der Waals surface area contributed by atoms with Crippen LogP contribution in [0.5, 0.6) is 0 Å². The highest BCUT2D eigenvalue weighted by atomic mass is 32.3. The summed E-state index contributed by atoms with van der Waals surface area (Å²) in [6.07, 6.45) is -0.0913. The molecule has 9 nitrogen and oxygen atoms in total. The van der Waals surface area contributed by atoms with Crippen molar-refractivity contribution in [2.45, 2.75) is 12.8 Å². The largest absolute Gasteiger partial charge is 0.750 e. The molecule has 0 aliphatic carbocycles. The maximum absolute atomic E-state index is 11.3. The van der Waals surface area contributed by atoms with Crippen LogP contribution in [0.3, 0.4) is 0 Å². The Balaban J connectivity index is 3.78. The minimum atomic E-state index is -4.56. The summed E-state index contributed by atoms with van der Waals surface area (Å²) in [7, 11) is -7.99. The monoisotopic (exact) mass is 325 g/mol. The third-order valence-corrected chi connectivity index (χ3v) is 4.26. The van der Waals surface area contributed by atoms with Gasteiger partial charge in [0.15, 0.2) is 0 Å². The third-order valence-electron chi connectivity index (χ3n) is 1.61. The first-order valence-electron chi connectivity index (χ1n) is 4.67. The maximum atomic E-state index is 11.3. The summed E-state index contributed by atoms with van der Waals surface area (Å²) in [5.74, 6) is -0.612. The Morgan fingerprint density at radius 2 is 1.56 bits per heavy atom. The highest BCUT2D eigenvalue weighted by molar-refractivity contribution is 7.91. The molecule has 0 heterocycles. The van der Waals surface area contributed by atoms with Gasteiger partial charge in [-0.3, -0.25) is 4.55 Å². The Morgan fingerprint density at radius 3 is 2.00 bits per heavy atom. The van der Waals surface area contributed by atoms with Gasteiger partial charge < -0.3 is 8.74 Å². The average Bonchev–Trinajstić information content (AvgIpc) is 2.18. The van der Waals surface area contributed by atoms with Crippen molar-refractivity contribution in [1.82, 2.24) is 0 Å². The van der Waals surface area contributed by atoms with Crippen LogP contribution in [0.25, 0.3) is 0 Å². The van der Waals surface area contributed by atoms with Crippen LogP contribution in [0, 0.1) is 0 Å². The first-order chi connectivity index (χ1) is 8.12. The summed E-state index contributed by atoms with van der Waals surface area (Å²) in [6.45, 7) is -0.685. The number of hydrogen-bond donors (Lipinski definition) is 1. The van der Waals surface area contributed by atoms with Crippen LogP contribution in [0.1, 0.15) is 12.8 Å². The Morgan fingerprint density at radius 1 is 1.06 bits per heavy atom. The van der Waals surface area contributed by atoms with Crippen molar-refractivity contribution in [3.05, 3.63) is 0 Å². The number of hydrogen-bond acceptors (Lipinski definition) is 8. The van der Waals surface area contributed by atoms with Crippen molar-refractivity contribution in [2.24, 2.45) is 0 Å². The molecule has 110 valence electrons. The van der Waals surface area contributed by atoms with E-state index in [2.05, 4.69) is 8.37 Å². The van der Waals surface area contributed by atoms with Gasteiger partial charge in [-0.05, 0) is 12.8 Å². The van der Waals surface area contributed by atoms with E-state index in [0.29, 0.717) is 0 Å². The van der Waals surface area contributed by atoms with E-state index in [1.807, 2.05) is 0 Å². The van der Waals surface area contributed by atoms with Gasteiger partial charge in [-0.2, -0.15) is 8.42 Å². The van der Waals surface area contributed by atoms with Crippen LogP contribution < -0.4 is 0 Å². The fraction of sp³-hybridized carbons (Fsp3) is 1.00. The maximum Gasteiger partial charge on any atom is 0.397 e. The summed E-state index contributed by atoms with van der Waals surface area (Å²) >= 11 is -2.67. The van der Waals surface area contributed by atoms with Gasteiger partial charge in [0, 0.05) is 0 Å². The molecule has 12 heteroatoms. The lowest BCUT2D eigenvalue weighted by molar-refractivity contribution is 0.269. The lowest BCUT2D eigenvalue weighted by atomic mass is 10.5. The second kappa shape index (κ2) is 8.14. The van der Waals surface area contributed by atoms with Crippen molar-refractivity contribution in [2.75, 3.05) is 24.7 Å². The molecule has 0 fully saturated rings. The molecule has 0 amide bonds. The van der Waals surface area contributed by atoms with Crippen molar-refractivity contribution < 1.29 is 38.5 Å². The van der Waals surface area contributed by atoms with Crippen LogP contribution in [0.4, 0.5) is 0 Å². The van der Waals surface area contributed by atoms with E-state index in [-0.39, 0.29) is 31.0 Å². The van der Waals surface area contributed by atoms with Crippen LogP contribution in [-0.2, 0) is 40.0 Å². The second-order valence-electron chi connectivity index (χ2n) is 3.13. The van der Waals surface area contributed by atoms with Gasteiger partial charge in [0.25, 0.3) is 0 Å². The molecule has 0 aromatic carbocycles. The van der Waals surface area contributed by atoms with Crippen molar-refractivity contribution >= 4 is 31.6 Å². The summed E-state index contributed by atoms with van der Waals surface area (Å²) in [5, 5.41) is 0. The third kappa shape index (κ3) is 12.3. The zero-order chi connectivity index (χ0) is 14.2. The summed E-state index contributed by atoms with van der Waals surface area (Å²) in [6, 6.07) is 0. The lowest BCUT2D eigenvalue weighted by Gasteiger charge is -2.06. The van der Waals surface area contributed by atoms with Crippen molar-refractivity contribution in [3.63, 3.8) is 0 Å². The normalized spacial score (nSPS) is 14.6. The molecular formula is C6H13O9S3-. The average molecular weight is 325 g/mol. The van der Waals surface area contributed by atoms with E-state index in [4.69, 9.17) is 4.55 Å². The highest BCUT2D eigenvalue weighted by Crippen LogP contribution is 1.99. The molecule has 0 aromatic heterocycles. The van der Waals surface area contributed by atoms with E-state index in [1.165, 1.54) is 0 Å². The topological polar surface area (TPSA) is 147 Å². The van der Waals surface area contributed by atoms with Crippen molar-refractivity contribution in [3.8, 4) is 0 Å². The molecule has 0 bridgehead atoms. The van der Waals surface area contributed by atoms with Gasteiger partial charge >= 0.3 is 10.4 Å². The van der Waals surface area contributed by atoms with Gasteiger partial charge in [-0.1, -0.05) is 0 Å². The molecule has 0 spiro atoms. The molecule has 1 atom stereocenters. The molecule has 18 heavy (non-hydrogen) atoms. The van der Waals surface area contributed by atoms with Crippen LogP contribution in [0.15, 0.2) is 0 Å². The zero-order valence-electron chi connectivity index (χ0n) is 9.18. The predicted molar refractivity (Wildman–Crippen MR) is 60.3 cm³/mol. The Kier molecular flexibility index (Phi) is 8.09. The highest BCUT2D eigenvalue weighted by Gasteiger charge is 2.11. The van der Waals surface area contributed by atoms with Gasteiger partial charge in [0.05, 0.1) is 36.1 Å². The van der Waals surface area contributed by atoms with Gasteiger partial charge in [-0.25, -0.2) is 16.8 Å². The summed E-state index contributed by atoms with van der Waals surface area (Å²) in [4.78, 5) is 0. The van der Waals surface area contributed by atoms with Crippen molar-refractivity contribution in [1.29, 1.82) is 0 Å². The fourth-order valence-electron chi connectivity index (χ4n) is 0.951. The Labute approximate surface area is 108 Å². The molecule has 0 rings (SSSR count). The van der Waals surface area contributed by atoms with E-state index in [1.54, 1.807) is 0 Å². The molecule has 1 N–H and O–H groups in total. The fourth-order valence-corrected chi connectivity index (χ4v) is 2.85. The number of rotatable bonds is 10. The molecule has 1 unspecified atom stereocenters. The molecular weight excluding hydrogens is 312 g/mol. The van der Waals surface area contributed by atoms with Crippen LogP contribution >= 0.6 is 0 Å². The lowest BCUT2D eigenvalue weighted by Crippen LogP contribution is -2.15. The second-order valence-corrected chi connectivity index (χ2v) is 7.17. The minimum absolute atomic E-state index is 0.00939. The standard InChI is InChI=1S/C6H14O9S3/c7-16(8)14-3-1-5-17(9,10)6-2-4-15-18(11,12)13/h1-6H2,(H,7,8)(H,11,12,13)/p-1. The van der Waals surface area contributed by atoms with Gasteiger partial charge in [0.2, 0.25) is 0 Å². The van der Waals surface area contributed by atoms with E-state index in [0.717, 1.165) is 0 Å². The molecule has 0 saturated heterocycles. The molecule has 0 aliphatic heterocycles. The molecule has 0 aromatic rings. The summed E-state index contributed by atoms with van der Waals surface area (Å²) in [5.41, 5.74) is 0. The van der Waals surface area contributed by atoms with Gasteiger partial charge in [-0.15, -0.1) is 0 Å². The van der Waals surface area contributed by atoms with E-state index >= 15 is 0 Å². The molecule has 0 saturated carbocycles. The Hall–Kier alpha value is -0.110. The number of sulfone groups is 1.